The quantitative estimate of drug-likeness (QED) is 0.622. The van der Waals surface area contributed by atoms with Gasteiger partial charge < -0.3 is 0 Å². The molecule has 2 aromatic rings. The van der Waals surface area contributed by atoms with Gasteiger partial charge in [0.15, 0.2) is 0 Å². The van der Waals surface area contributed by atoms with Crippen molar-refractivity contribution in [2.75, 3.05) is 32.7 Å². The Bertz CT molecular complexity index is 931. The van der Waals surface area contributed by atoms with Crippen molar-refractivity contribution < 1.29 is 22.8 Å². The molecule has 1 heterocycles. The van der Waals surface area contributed by atoms with E-state index in [0.29, 0.717) is 48.3 Å². The zero-order valence-electron chi connectivity index (χ0n) is 16.6. The van der Waals surface area contributed by atoms with E-state index in [1.54, 1.807) is 30.3 Å². The van der Waals surface area contributed by atoms with Gasteiger partial charge in [0.25, 0.3) is 11.8 Å². The van der Waals surface area contributed by atoms with Gasteiger partial charge in [-0.15, -0.1) is 0 Å². The first-order valence-corrected chi connectivity index (χ1v) is 10.5. The van der Waals surface area contributed by atoms with Gasteiger partial charge in [0.1, 0.15) is 0 Å². The smallest absolute Gasteiger partial charge is 0.297 e. The first-order chi connectivity index (χ1) is 14.7. The van der Waals surface area contributed by atoms with E-state index in [0.717, 1.165) is 6.07 Å². The normalized spacial score (nSPS) is 15.5. The summed E-state index contributed by atoms with van der Waals surface area (Å²) in [5.41, 5.74) is 5.16. The lowest BCUT2D eigenvalue weighted by molar-refractivity contribution is -0.137. The van der Waals surface area contributed by atoms with Crippen LogP contribution in [0.2, 0.25) is 0 Å². The van der Waals surface area contributed by atoms with Crippen LogP contribution in [0.3, 0.4) is 0 Å². The zero-order chi connectivity index (χ0) is 22.4. The Morgan fingerprint density at radius 2 is 1.61 bits per heavy atom. The van der Waals surface area contributed by atoms with Crippen LogP contribution in [0.25, 0.3) is 0 Å². The van der Waals surface area contributed by atoms with E-state index >= 15 is 0 Å². The van der Waals surface area contributed by atoms with Crippen LogP contribution in [-0.2, 0) is 17.5 Å². The van der Waals surface area contributed by atoms with Crippen LogP contribution >= 0.6 is 15.9 Å². The Labute approximate surface area is 186 Å². The second kappa shape index (κ2) is 10.3. The molecule has 1 saturated heterocycles. The minimum Gasteiger partial charge on any atom is -0.297 e. The number of rotatable bonds is 5. The minimum absolute atomic E-state index is 0.119. The Balaban J connectivity index is 1.41. The molecule has 166 valence electrons. The molecule has 1 aliphatic heterocycles. The molecule has 0 aliphatic carbocycles. The molecule has 0 unspecified atom stereocenters. The molecular weight excluding hydrogens is 477 g/mol. The Morgan fingerprint density at radius 3 is 2.29 bits per heavy atom. The van der Waals surface area contributed by atoms with Gasteiger partial charge in [-0.05, 0) is 39.7 Å². The lowest BCUT2D eigenvalue weighted by atomic mass is 10.1. The third kappa shape index (κ3) is 6.78. The molecule has 1 aliphatic rings. The molecule has 3 rings (SSSR count). The molecular formula is C21H22BrF3N4O2. The van der Waals surface area contributed by atoms with Crippen LogP contribution in [0.5, 0.6) is 0 Å². The zero-order valence-corrected chi connectivity index (χ0v) is 18.2. The highest BCUT2D eigenvalue weighted by Gasteiger charge is 2.30. The molecule has 0 atom stereocenters. The number of carbonyl (C=O) groups is 2. The average Bonchev–Trinajstić information content (AvgIpc) is 2.73. The summed E-state index contributed by atoms with van der Waals surface area (Å²) >= 11 is 3.28. The predicted molar refractivity (Wildman–Crippen MR) is 113 cm³/mol. The van der Waals surface area contributed by atoms with E-state index in [-0.39, 0.29) is 12.5 Å². The highest BCUT2D eigenvalue weighted by molar-refractivity contribution is 9.10. The Morgan fingerprint density at radius 1 is 0.935 bits per heavy atom. The Kier molecular flexibility index (Phi) is 7.69. The second-order valence-electron chi connectivity index (χ2n) is 7.23. The molecule has 2 aromatic carbocycles. The number of hydrogen-bond donors (Lipinski definition) is 2. The summed E-state index contributed by atoms with van der Waals surface area (Å²) in [5.74, 6) is -0.765. The number of carbonyl (C=O) groups excluding carboxylic acids is 2. The van der Waals surface area contributed by atoms with Crippen LogP contribution < -0.4 is 10.9 Å². The standard InChI is InChI=1S/C21H22BrF3N4O2/c22-18-7-2-1-6-17(18)20(31)27-26-19(30)14-29-10-8-28(9-11-29)13-15-4-3-5-16(12-15)21(23,24)25/h1-7,12H,8-11,13-14H2,(H,26,30)(H,27,31). The van der Waals surface area contributed by atoms with Crippen molar-refractivity contribution in [3.8, 4) is 0 Å². The molecule has 0 saturated carbocycles. The first kappa shape index (κ1) is 23.2. The highest BCUT2D eigenvalue weighted by Crippen LogP contribution is 2.29. The molecule has 2 amide bonds. The van der Waals surface area contributed by atoms with E-state index in [1.807, 2.05) is 4.90 Å². The fraction of sp³-hybridized carbons (Fsp3) is 0.333. The highest BCUT2D eigenvalue weighted by atomic mass is 79.9. The first-order valence-electron chi connectivity index (χ1n) is 9.67. The number of nitrogens with zero attached hydrogens (tertiary/aromatic N) is 2. The number of piperazine rings is 1. The van der Waals surface area contributed by atoms with Crippen molar-refractivity contribution in [1.29, 1.82) is 0 Å². The fourth-order valence-corrected chi connectivity index (χ4v) is 3.76. The van der Waals surface area contributed by atoms with Gasteiger partial charge in [-0.3, -0.25) is 30.2 Å². The van der Waals surface area contributed by atoms with E-state index in [1.165, 1.54) is 12.1 Å². The number of halogens is 4. The topological polar surface area (TPSA) is 64.7 Å². The van der Waals surface area contributed by atoms with Crippen LogP contribution in [0.15, 0.2) is 53.0 Å². The summed E-state index contributed by atoms with van der Waals surface area (Å²) < 4.78 is 39.2. The molecule has 6 nitrogen and oxygen atoms in total. The lowest BCUT2D eigenvalue weighted by Gasteiger charge is -2.34. The maximum absolute atomic E-state index is 12.9. The average molecular weight is 499 g/mol. The number of alkyl halides is 3. The summed E-state index contributed by atoms with van der Waals surface area (Å²) in [7, 11) is 0. The van der Waals surface area contributed by atoms with Gasteiger partial charge in [0.05, 0.1) is 17.7 Å². The third-order valence-electron chi connectivity index (χ3n) is 4.93. The molecule has 0 spiro atoms. The van der Waals surface area contributed by atoms with Crippen molar-refractivity contribution in [1.82, 2.24) is 20.7 Å². The monoisotopic (exact) mass is 498 g/mol. The summed E-state index contributed by atoms with van der Waals surface area (Å²) in [5, 5.41) is 0. The van der Waals surface area contributed by atoms with Crippen molar-refractivity contribution in [2.45, 2.75) is 12.7 Å². The van der Waals surface area contributed by atoms with Crippen LogP contribution in [0, 0.1) is 0 Å². The molecule has 0 radical (unpaired) electrons. The van der Waals surface area contributed by atoms with Gasteiger partial charge >= 0.3 is 6.18 Å². The summed E-state index contributed by atoms with van der Waals surface area (Å²) in [4.78, 5) is 28.2. The summed E-state index contributed by atoms with van der Waals surface area (Å²) in [6, 6.07) is 12.2. The van der Waals surface area contributed by atoms with Crippen molar-refractivity contribution >= 4 is 27.7 Å². The summed E-state index contributed by atoms with van der Waals surface area (Å²) in [6.07, 6.45) is -4.35. The van der Waals surface area contributed by atoms with Gasteiger partial charge in [-0.25, -0.2) is 0 Å². The molecule has 2 N–H and O–H groups in total. The minimum atomic E-state index is -4.35. The number of hydrazine groups is 1. The van der Waals surface area contributed by atoms with Crippen molar-refractivity contribution in [3.63, 3.8) is 0 Å². The van der Waals surface area contributed by atoms with Crippen molar-refractivity contribution in [3.05, 3.63) is 69.7 Å². The van der Waals surface area contributed by atoms with Gasteiger partial charge in [-0.2, -0.15) is 13.2 Å². The van der Waals surface area contributed by atoms with Crippen molar-refractivity contribution in [2.24, 2.45) is 0 Å². The Hall–Kier alpha value is -2.43. The summed E-state index contributed by atoms with van der Waals surface area (Å²) in [6.45, 7) is 3.01. The van der Waals surface area contributed by atoms with Crippen LogP contribution in [0.4, 0.5) is 13.2 Å². The van der Waals surface area contributed by atoms with Gasteiger partial charge in [0, 0.05) is 37.2 Å². The van der Waals surface area contributed by atoms with E-state index < -0.39 is 17.6 Å². The molecule has 10 heteroatoms. The molecule has 0 bridgehead atoms. The van der Waals surface area contributed by atoms with Gasteiger partial charge in [-0.1, -0.05) is 30.3 Å². The predicted octanol–water partition coefficient (Wildman–Crippen LogP) is 3.05. The second-order valence-corrected chi connectivity index (χ2v) is 8.09. The van der Waals surface area contributed by atoms with Gasteiger partial charge in [0.2, 0.25) is 0 Å². The largest absolute Gasteiger partial charge is 0.416 e. The lowest BCUT2D eigenvalue weighted by Crippen LogP contribution is -2.51. The SMILES string of the molecule is O=C(CN1CCN(Cc2cccc(C(F)(F)F)c2)CC1)NNC(=O)c1ccccc1Br. The molecule has 0 aromatic heterocycles. The molecule has 31 heavy (non-hydrogen) atoms. The van der Waals surface area contributed by atoms with Crippen LogP contribution in [-0.4, -0.2) is 54.3 Å². The van der Waals surface area contributed by atoms with E-state index in [4.69, 9.17) is 0 Å². The molecule has 1 fully saturated rings. The maximum atomic E-state index is 12.9. The van der Waals surface area contributed by atoms with Crippen LogP contribution in [0.1, 0.15) is 21.5 Å². The number of hydrogen-bond acceptors (Lipinski definition) is 4. The number of amides is 2. The number of nitrogens with one attached hydrogen (secondary N) is 2. The fourth-order valence-electron chi connectivity index (χ4n) is 3.29. The number of benzene rings is 2. The third-order valence-corrected chi connectivity index (χ3v) is 5.62. The van der Waals surface area contributed by atoms with E-state index in [9.17, 15) is 22.8 Å². The maximum Gasteiger partial charge on any atom is 0.416 e. The van der Waals surface area contributed by atoms with E-state index in [2.05, 4.69) is 31.7 Å².